The van der Waals surface area contributed by atoms with Crippen LogP contribution in [0.2, 0.25) is 0 Å². The maximum absolute atomic E-state index is 13.8. The molecular weight excluding hydrogens is 390 g/mol. The van der Waals surface area contributed by atoms with E-state index < -0.39 is 28.2 Å². The molecule has 0 aliphatic carbocycles. The maximum atomic E-state index is 13.8. The van der Waals surface area contributed by atoms with Crippen LogP contribution in [0.3, 0.4) is 0 Å². The summed E-state index contributed by atoms with van der Waals surface area (Å²) in [5.41, 5.74) is -0.385. The van der Waals surface area contributed by atoms with Gasteiger partial charge in [0.05, 0.1) is 36.3 Å². The molecule has 0 N–H and O–H groups in total. The number of nitrogens with zero attached hydrogens (tertiary/aromatic N) is 2. The largest absolute Gasteiger partial charge is 0.496 e. The topological polar surface area (TPSA) is 105 Å². The molecule has 29 heavy (non-hydrogen) atoms. The third kappa shape index (κ3) is 4.72. The first-order valence-electron chi connectivity index (χ1n) is 8.30. The number of carbonyl (C=O) groups excluding carboxylic acids is 1. The van der Waals surface area contributed by atoms with E-state index in [2.05, 4.69) is 4.98 Å². The standard InChI is InChI=1S/C19H14F2N2O6/c1-27-12-3-5-16(15(9-12)23(25)26)29-19(24)7-6-18-22-10-17(28-18)13-4-2-11(20)8-14(13)21/h2-5,8-10H,6-7H2,1H3. The number of carbonyl (C=O) groups is 1. The van der Waals surface area contributed by atoms with Gasteiger partial charge in [0.25, 0.3) is 0 Å². The van der Waals surface area contributed by atoms with Crippen LogP contribution in [0.15, 0.2) is 47.0 Å². The smallest absolute Gasteiger partial charge is 0.315 e. The van der Waals surface area contributed by atoms with E-state index in [-0.39, 0.29) is 41.6 Å². The van der Waals surface area contributed by atoms with Crippen molar-refractivity contribution in [1.29, 1.82) is 0 Å². The fourth-order valence-electron chi connectivity index (χ4n) is 2.48. The summed E-state index contributed by atoms with van der Waals surface area (Å²) in [5.74, 6) is -2.04. The van der Waals surface area contributed by atoms with Crippen LogP contribution in [-0.2, 0) is 11.2 Å². The molecule has 0 amide bonds. The highest BCUT2D eigenvalue weighted by Crippen LogP contribution is 2.31. The zero-order valence-corrected chi connectivity index (χ0v) is 15.1. The van der Waals surface area contributed by atoms with E-state index in [1.807, 2.05) is 0 Å². The van der Waals surface area contributed by atoms with E-state index in [4.69, 9.17) is 13.9 Å². The summed E-state index contributed by atoms with van der Waals surface area (Å²) in [6.07, 6.45) is 1.09. The molecule has 0 aliphatic rings. The second kappa shape index (κ2) is 8.46. The van der Waals surface area contributed by atoms with Gasteiger partial charge in [-0.05, 0) is 24.3 Å². The number of oxazole rings is 1. The molecule has 0 unspecified atom stereocenters. The molecule has 10 heteroatoms. The third-order valence-corrected chi connectivity index (χ3v) is 3.88. The van der Waals surface area contributed by atoms with Gasteiger partial charge in [0, 0.05) is 12.5 Å². The van der Waals surface area contributed by atoms with Gasteiger partial charge in [-0.2, -0.15) is 0 Å². The fraction of sp³-hybridized carbons (Fsp3) is 0.158. The van der Waals surface area contributed by atoms with Crippen LogP contribution in [0.25, 0.3) is 11.3 Å². The minimum atomic E-state index is -0.807. The SMILES string of the molecule is COc1ccc(OC(=O)CCc2ncc(-c3ccc(F)cc3F)o2)c([N+](=O)[O-])c1. The number of methoxy groups -OCH3 is 1. The molecule has 3 rings (SSSR count). The first kappa shape index (κ1) is 19.9. The predicted octanol–water partition coefficient (Wildman–Crippen LogP) is 4.07. The lowest BCUT2D eigenvalue weighted by molar-refractivity contribution is -0.385. The number of ether oxygens (including phenoxy) is 2. The predicted molar refractivity (Wildman–Crippen MR) is 95.5 cm³/mol. The molecule has 0 atom stereocenters. The van der Waals surface area contributed by atoms with Gasteiger partial charge >= 0.3 is 11.7 Å². The molecule has 3 aromatic rings. The number of nitro benzene ring substituents is 1. The number of hydrogen-bond donors (Lipinski definition) is 0. The van der Waals surface area contributed by atoms with Gasteiger partial charge in [-0.15, -0.1) is 0 Å². The molecule has 0 bridgehead atoms. The van der Waals surface area contributed by atoms with Crippen molar-refractivity contribution in [3.8, 4) is 22.8 Å². The first-order chi connectivity index (χ1) is 13.9. The molecule has 8 nitrogen and oxygen atoms in total. The van der Waals surface area contributed by atoms with Gasteiger partial charge in [0.2, 0.25) is 5.75 Å². The van der Waals surface area contributed by atoms with Gasteiger partial charge in [-0.25, -0.2) is 13.8 Å². The molecule has 1 heterocycles. The van der Waals surface area contributed by atoms with Crippen LogP contribution < -0.4 is 9.47 Å². The summed E-state index contributed by atoms with van der Waals surface area (Å²) in [6.45, 7) is 0. The van der Waals surface area contributed by atoms with Gasteiger partial charge in [0.15, 0.2) is 11.7 Å². The lowest BCUT2D eigenvalue weighted by Crippen LogP contribution is -2.10. The molecule has 0 aliphatic heterocycles. The van der Waals surface area contributed by atoms with Crippen LogP contribution in [0.4, 0.5) is 14.5 Å². The van der Waals surface area contributed by atoms with Crippen LogP contribution in [-0.4, -0.2) is 23.0 Å². The van der Waals surface area contributed by atoms with Crippen molar-refractivity contribution >= 4 is 11.7 Å². The molecule has 150 valence electrons. The van der Waals surface area contributed by atoms with E-state index >= 15 is 0 Å². The number of halogens is 2. The van der Waals surface area contributed by atoms with Crippen LogP contribution in [0, 0.1) is 21.7 Å². The quantitative estimate of drug-likeness (QED) is 0.253. The molecule has 0 radical (unpaired) electrons. The Labute approximate surface area is 162 Å². The van der Waals surface area contributed by atoms with E-state index in [0.717, 1.165) is 18.2 Å². The fourth-order valence-corrected chi connectivity index (χ4v) is 2.48. The minimum absolute atomic E-state index is 0.0194. The zero-order valence-electron chi connectivity index (χ0n) is 15.1. The average Bonchev–Trinajstić information content (AvgIpc) is 3.15. The molecule has 0 fully saturated rings. The van der Waals surface area contributed by atoms with E-state index in [1.54, 1.807) is 0 Å². The minimum Gasteiger partial charge on any atom is -0.496 e. The lowest BCUT2D eigenvalue weighted by Gasteiger charge is -2.06. The summed E-state index contributed by atoms with van der Waals surface area (Å²) >= 11 is 0. The van der Waals surface area contributed by atoms with Crippen LogP contribution in [0.1, 0.15) is 12.3 Å². The number of esters is 1. The van der Waals surface area contributed by atoms with Crippen LogP contribution >= 0.6 is 0 Å². The Morgan fingerprint density at radius 2 is 2.03 bits per heavy atom. The second-order valence-electron chi connectivity index (χ2n) is 5.81. The summed E-state index contributed by atoms with van der Waals surface area (Å²) < 4.78 is 42.1. The van der Waals surface area contributed by atoms with Crippen molar-refractivity contribution in [3.63, 3.8) is 0 Å². The van der Waals surface area contributed by atoms with Gasteiger partial charge < -0.3 is 13.9 Å². The summed E-state index contributed by atoms with van der Waals surface area (Å²) in [6, 6.07) is 6.84. The highest BCUT2D eigenvalue weighted by Gasteiger charge is 2.20. The number of benzene rings is 2. The highest BCUT2D eigenvalue weighted by atomic mass is 19.1. The first-order valence-corrected chi connectivity index (χ1v) is 8.30. The number of nitro groups is 1. The van der Waals surface area contributed by atoms with Gasteiger partial charge in [-0.3, -0.25) is 14.9 Å². The normalized spacial score (nSPS) is 10.6. The number of aryl methyl sites for hydroxylation is 1. The highest BCUT2D eigenvalue weighted by molar-refractivity contribution is 5.74. The lowest BCUT2D eigenvalue weighted by atomic mass is 10.2. The second-order valence-corrected chi connectivity index (χ2v) is 5.81. The zero-order chi connectivity index (χ0) is 21.0. The Bertz CT molecular complexity index is 1070. The van der Waals surface area contributed by atoms with E-state index in [1.165, 1.54) is 31.5 Å². The Hall–Kier alpha value is -3.82. The summed E-state index contributed by atoms with van der Waals surface area (Å²) in [7, 11) is 1.35. The van der Waals surface area contributed by atoms with E-state index in [0.29, 0.717) is 0 Å². The number of rotatable bonds is 7. The third-order valence-electron chi connectivity index (χ3n) is 3.88. The van der Waals surface area contributed by atoms with Crippen molar-refractivity contribution in [2.24, 2.45) is 0 Å². The summed E-state index contributed by atoms with van der Waals surface area (Å²) in [4.78, 5) is 26.4. The van der Waals surface area contributed by atoms with E-state index in [9.17, 15) is 23.7 Å². The van der Waals surface area contributed by atoms with Crippen molar-refractivity contribution in [1.82, 2.24) is 4.98 Å². The number of hydrogen-bond acceptors (Lipinski definition) is 7. The summed E-state index contributed by atoms with van der Waals surface area (Å²) in [5, 5.41) is 11.1. The van der Waals surface area contributed by atoms with Crippen molar-refractivity contribution < 1.29 is 32.4 Å². The Morgan fingerprint density at radius 3 is 2.72 bits per heavy atom. The maximum Gasteiger partial charge on any atom is 0.315 e. The molecule has 0 spiro atoms. The molecule has 0 saturated carbocycles. The molecular formula is C19H14F2N2O6. The molecule has 1 aromatic heterocycles. The van der Waals surface area contributed by atoms with Gasteiger partial charge in [0.1, 0.15) is 17.4 Å². The Balaban J connectivity index is 1.65. The molecule has 0 saturated heterocycles. The molecule has 2 aromatic carbocycles. The number of aromatic nitrogens is 1. The monoisotopic (exact) mass is 404 g/mol. The van der Waals surface area contributed by atoms with Crippen molar-refractivity contribution in [3.05, 3.63) is 70.2 Å². The Kier molecular flexibility index (Phi) is 5.82. The average molecular weight is 404 g/mol. The van der Waals surface area contributed by atoms with Gasteiger partial charge in [-0.1, -0.05) is 0 Å². The van der Waals surface area contributed by atoms with Crippen molar-refractivity contribution in [2.45, 2.75) is 12.8 Å². The van der Waals surface area contributed by atoms with Crippen LogP contribution in [0.5, 0.6) is 11.5 Å². The Morgan fingerprint density at radius 1 is 1.24 bits per heavy atom. The van der Waals surface area contributed by atoms with Crippen molar-refractivity contribution in [2.75, 3.05) is 7.11 Å².